The Labute approximate surface area is 109 Å². The van der Waals surface area contributed by atoms with Gasteiger partial charge in [0.25, 0.3) is 0 Å². The van der Waals surface area contributed by atoms with Gasteiger partial charge in [-0.2, -0.15) is 0 Å². The van der Waals surface area contributed by atoms with Crippen LogP contribution in [0.15, 0.2) is 24.3 Å². The average Bonchev–Trinajstić information content (AvgIpc) is 3.16. The number of para-hydroxylation sites is 2. The summed E-state index contributed by atoms with van der Waals surface area (Å²) in [4.78, 5) is 27.4. The highest BCUT2D eigenvalue weighted by Crippen LogP contribution is 2.32. The van der Waals surface area contributed by atoms with Gasteiger partial charge in [0.1, 0.15) is 5.82 Å². The number of benzene rings is 1. The van der Waals surface area contributed by atoms with E-state index >= 15 is 0 Å². The number of carboxylic acid groups (broad SMARTS) is 1. The smallest absolute Gasteiger partial charge is 0.303 e. The minimum Gasteiger partial charge on any atom is -0.481 e. The maximum absolute atomic E-state index is 12.3. The average molecular weight is 258 g/mol. The van der Waals surface area contributed by atoms with E-state index in [1.165, 1.54) is 0 Å². The van der Waals surface area contributed by atoms with Crippen LogP contribution in [0.1, 0.15) is 29.9 Å². The molecule has 0 amide bonds. The Kier molecular flexibility index (Phi) is 2.81. The van der Waals surface area contributed by atoms with Gasteiger partial charge in [0, 0.05) is 12.3 Å². The molecule has 1 aliphatic carbocycles. The molecule has 3 rings (SSSR count). The highest BCUT2D eigenvalue weighted by Gasteiger charge is 2.33. The van der Waals surface area contributed by atoms with Crippen molar-refractivity contribution in [3.8, 4) is 0 Å². The molecule has 5 nitrogen and oxygen atoms in total. The molecule has 0 unspecified atom stereocenters. The number of hydrogen-bond acceptors (Lipinski definition) is 3. The van der Waals surface area contributed by atoms with Crippen LogP contribution in [0.3, 0.4) is 0 Å². The standard InChI is InChI=1S/C14H14N2O3/c17-13(18)8-7-12-15-10-3-1-2-4-11(10)16(12)14(19)9-5-6-9/h1-4,9H,5-8H2,(H,17,18). The number of imidazole rings is 1. The van der Waals surface area contributed by atoms with Gasteiger partial charge >= 0.3 is 5.97 Å². The van der Waals surface area contributed by atoms with E-state index in [0.29, 0.717) is 5.82 Å². The lowest BCUT2D eigenvalue weighted by molar-refractivity contribution is -0.137. The summed E-state index contributed by atoms with van der Waals surface area (Å²) in [6, 6.07) is 7.42. The van der Waals surface area contributed by atoms with Crippen molar-refractivity contribution in [1.82, 2.24) is 9.55 Å². The molecule has 1 aliphatic rings. The first-order valence-electron chi connectivity index (χ1n) is 6.39. The van der Waals surface area contributed by atoms with Crippen LogP contribution in [0.5, 0.6) is 0 Å². The van der Waals surface area contributed by atoms with Gasteiger partial charge < -0.3 is 5.11 Å². The van der Waals surface area contributed by atoms with Crippen molar-refractivity contribution in [2.45, 2.75) is 25.7 Å². The van der Waals surface area contributed by atoms with E-state index in [1.807, 2.05) is 24.3 Å². The molecular formula is C14H14N2O3. The molecule has 1 saturated carbocycles. The number of carboxylic acids is 1. The van der Waals surface area contributed by atoms with Gasteiger partial charge in [-0.05, 0) is 25.0 Å². The van der Waals surface area contributed by atoms with Crippen LogP contribution in [0.2, 0.25) is 0 Å². The van der Waals surface area contributed by atoms with E-state index in [-0.39, 0.29) is 24.7 Å². The zero-order chi connectivity index (χ0) is 13.4. The number of aromatic nitrogens is 2. The van der Waals surface area contributed by atoms with Crippen molar-refractivity contribution in [1.29, 1.82) is 0 Å². The summed E-state index contributed by atoms with van der Waals surface area (Å²) >= 11 is 0. The van der Waals surface area contributed by atoms with Crippen LogP contribution in [0, 0.1) is 5.92 Å². The largest absolute Gasteiger partial charge is 0.481 e. The van der Waals surface area contributed by atoms with Crippen LogP contribution in [0.25, 0.3) is 11.0 Å². The van der Waals surface area contributed by atoms with Crippen LogP contribution in [0.4, 0.5) is 0 Å². The van der Waals surface area contributed by atoms with Gasteiger partial charge in [0.15, 0.2) is 0 Å². The molecule has 0 saturated heterocycles. The van der Waals surface area contributed by atoms with E-state index in [0.717, 1.165) is 23.9 Å². The predicted molar refractivity (Wildman–Crippen MR) is 69.0 cm³/mol. The molecule has 5 heteroatoms. The summed E-state index contributed by atoms with van der Waals surface area (Å²) < 4.78 is 1.61. The first-order chi connectivity index (χ1) is 9.16. The molecule has 19 heavy (non-hydrogen) atoms. The Hall–Kier alpha value is -2.17. The number of rotatable bonds is 4. The maximum Gasteiger partial charge on any atom is 0.303 e. The van der Waals surface area contributed by atoms with Gasteiger partial charge in [-0.3, -0.25) is 14.2 Å². The molecular weight excluding hydrogens is 244 g/mol. The molecule has 0 spiro atoms. The molecule has 1 aromatic carbocycles. The third-order valence-corrected chi connectivity index (χ3v) is 3.34. The fourth-order valence-electron chi connectivity index (χ4n) is 2.22. The number of carbonyl (C=O) groups is 2. The summed E-state index contributed by atoms with van der Waals surface area (Å²) in [6.07, 6.45) is 2.11. The number of fused-ring (bicyclic) bond motifs is 1. The highest BCUT2D eigenvalue weighted by atomic mass is 16.4. The molecule has 1 aromatic heterocycles. The summed E-state index contributed by atoms with van der Waals surface area (Å²) in [5, 5.41) is 8.78. The topological polar surface area (TPSA) is 72.2 Å². The molecule has 0 atom stereocenters. The normalized spacial score (nSPS) is 14.7. The third-order valence-electron chi connectivity index (χ3n) is 3.34. The molecule has 1 N–H and O–H groups in total. The number of carbonyl (C=O) groups excluding carboxylic acids is 1. The molecule has 2 aromatic rings. The van der Waals surface area contributed by atoms with Crippen molar-refractivity contribution < 1.29 is 14.7 Å². The lowest BCUT2D eigenvalue weighted by Gasteiger charge is -2.06. The van der Waals surface area contributed by atoms with Gasteiger partial charge in [-0.15, -0.1) is 0 Å². The Balaban J connectivity index is 2.05. The van der Waals surface area contributed by atoms with Crippen molar-refractivity contribution in [2.24, 2.45) is 5.92 Å². The highest BCUT2D eigenvalue weighted by molar-refractivity contribution is 5.93. The van der Waals surface area contributed by atoms with Crippen LogP contribution >= 0.6 is 0 Å². The maximum atomic E-state index is 12.3. The number of aryl methyl sites for hydroxylation is 1. The Morgan fingerprint density at radius 2 is 2.05 bits per heavy atom. The predicted octanol–water partition coefficient (Wildman–Crippen LogP) is 2.10. The number of aliphatic carboxylic acids is 1. The Morgan fingerprint density at radius 1 is 1.32 bits per heavy atom. The summed E-state index contributed by atoms with van der Waals surface area (Å²) in [7, 11) is 0. The number of nitrogens with zero attached hydrogens (tertiary/aromatic N) is 2. The molecule has 0 radical (unpaired) electrons. The first-order valence-corrected chi connectivity index (χ1v) is 6.39. The number of hydrogen-bond donors (Lipinski definition) is 1. The second kappa shape index (κ2) is 4.50. The zero-order valence-electron chi connectivity index (χ0n) is 10.4. The van der Waals surface area contributed by atoms with Crippen molar-refractivity contribution in [3.05, 3.63) is 30.1 Å². The fourth-order valence-corrected chi connectivity index (χ4v) is 2.22. The quantitative estimate of drug-likeness (QED) is 0.911. The van der Waals surface area contributed by atoms with E-state index in [4.69, 9.17) is 5.11 Å². The molecule has 1 heterocycles. The molecule has 0 bridgehead atoms. The first kappa shape index (κ1) is 11.9. The summed E-state index contributed by atoms with van der Waals surface area (Å²) in [5.74, 6) is -0.187. The lowest BCUT2D eigenvalue weighted by atomic mass is 10.2. The molecule has 1 fully saturated rings. The van der Waals surface area contributed by atoms with Gasteiger partial charge in [0.2, 0.25) is 5.91 Å². The van der Waals surface area contributed by atoms with Crippen molar-refractivity contribution in [2.75, 3.05) is 0 Å². The van der Waals surface area contributed by atoms with Crippen LogP contribution in [-0.2, 0) is 11.2 Å². The Morgan fingerprint density at radius 3 is 2.74 bits per heavy atom. The zero-order valence-corrected chi connectivity index (χ0v) is 10.4. The second-order valence-corrected chi connectivity index (χ2v) is 4.86. The van der Waals surface area contributed by atoms with Crippen LogP contribution < -0.4 is 0 Å². The van der Waals surface area contributed by atoms with Crippen LogP contribution in [-0.4, -0.2) is 26.5 Å². The second-order valence-electron chi connectivity index (χ2n) is 4.86. The fraction of sp³-hybridized carbons (Fsp3) is 0.357. The SMILES string of the molecule is O=C(O)CCc1nc2ccccc2n1C(=O)C1CC1. The lowest BCUT2D eigenvalue weighted by Crippen LogP contribution is -2.16. The van der Waals surface area contributed by atoms with Gasteiger partial charge in [0.05, 0.1) is 17.5 Å². The monoisotopic (exact) mass is 258 g/mol. The summed E-state index contributed by atoms with van der Waals surface area (Å²) in [5.41, 5.74) is 1.52. The summed E-state index contributed by atoms with van der Waals surface area (Å²) in [6.45, 7) is 0. The van der Waals surface area contributed by atoms with E-state index in [1.54, 1.807) is 4.57 Å². The molecule has 98 valence electrons. The Bertz CT molecular complexity index is 656. The van der Waals surface area contributed by atoms with Gasteiger partial charge in [-0.25, -0.2) is 4.98 Å². The molecule has 0 aliphatic heterocycles. The van der Waals surface area contributed by atoms with Gasteiger partial charge in [-0.1, -0.05) is 12.1 Å². The van der Waals surface area contributed by atoms with E-state index < -0.39 is 5.97 Å². The van der Waals surface area contributed by atoms with Crippen molar-refractivity contribution in [3.63, 3.8) is 0 Å². The minimum absolute atomic E-state index is 0.0126. The van der Waals surface area contributed by atoms with Crippen molar-refractivity contribution >= 4 is 22.9 Å². The third kappa shape index (κ3) is 2.23. The van der Waals surface area contributed by atoms with E-state index in [9.17, 15) is 9.59 Å². The van der Waals surface area contributed by atoms with E-state index in [2.05, 4.69) is 4.98 Å². The minimum atomic E-state index is -0.877.